The molecule has 76 valence electrons. The number of benzene rings is 1. The first-order chi connectivity index (χ1) is 7.93. The molecule has 0 aliphatic heterocycles. The van der Waals surface area contributed by atoms with Gasteiger partial charge in [0.05, 0.1) is 5.52 Å². The number of nitrogens with zero attached hydrogens (tertiary/aromatic N) is 2. The van der Waals surface area contributed by atoms with Gasteiger partial charge in [-0.15, -0.1) is 0 Å². The lowest BCUT2D eigenvalue weighted by Gasteiger charge is -1.91. The lowest BCUT2D eigenvalue weighted by atomic mass is 10.3. The molecule has 0 radical (unpaired) electrons. The molecule has 0 saturated carbocycles. The highest BCUT2D eigenvalue weighted by Gasteiger charge is 2.10. The molecule has 0 aliphatic rings. The van der Waals surface area contributed by atoms with Crippen molar-refractivity contribution in [2.75, 3.05) is 0 Å². The zero-order valence-electron chi connectivity index (χ0n) is 8.42. The monoisotopic (exact) mass is 208 g/mol. The van der Waals surface area contributed by atoms with E-state index < -0.39 is 0 Å². The van der Waals surface area contributed by atoms with Gasteiger partial charge in [0.25, 0.3) is 0 Å². The molecule has 4 rings (SSSR count). The van der Waals surface area contributed by atoms with Crippen molar-refractivity contribution in [3.05, 3.63) is 48.7 Å². The number of hydrogen-bond acceptors (Lipinski definition) is 2. The van der Waals surface area contributed by atoms with Crippen LogP contribution in [0.5, 0.6) is 0 Å². The largest absolute Gasteiger partial charge is 0.438 e. The fourth-order valence-corrected chi connectivity index (χ4v) is 2.16. The molecule has 0 spiro atoms. The summed E-state index contributed by atoms with van der Waals surface area (Å²) < 4.78 is 7.81. The number of hydrogen-bond donors (Lipinski definition) is 0. The first kappa shape index (κ1) is 7.93. The van der Waals surface area contributed by atoms with E-state index in [0.717, 1.165) is 27.8 Å². The standard InChI is InChI=1S/C13H8N2O/c1-2-6-11-10(5-1)15-12(16-11)8-9-4-3-7-14-13(9)15/h1-8H. The number of rotatable bonds is 0. The van der Waals surface area contributed by atoms with Crippen LogP contribution in [-0.2, 0) is 0 Å². The van der Waals surface area contributed by atoms with E-state index in [2.05, 4.69) is 4.98 Å². The van der Waals surface area contributed by atoms with E-state index in [-0.39, 0.29) is 0 Å². The second kappa shape index (κ2) is 2.64. The zero-order chi connectivity index (χ0) is 10.5. The molecule has 0 bridgehead atoms. The van der Waals surface area contributed by atoms with Crippen molar-refractivity contribution in [3.8, 4) is 0 Å². The quantitative estimate of drug-likeness (QED) is 0.444. The molecule has 3 nitrogen and oxygen atoms in total. The molecular weight excluding hydrogens is 200 g/mol. The fourth-order valence-electron chi connectivity index (χ4n) is 2.16. The van der Waals surface area contributed by atoms with E-state index in [9.17, 15) is 0 Å². The Morgan fingerprint density at radius 3 is 3.00 bits per heavy atom. The van der Waals surface area contributed by atoms with Gasteiger partial charge in [0.1, 0.15) is 5.65 Å². The minimum atomic E-state index is 0.843. The lowest BCUT2D eigenvalue weighted by Crippen LogP contribution is -1.82. The Kier molecular flexibility index (Phi) is 1.31. The molecule has 1 aromatic carbocycles. The second-order valence-corrected chi connectivity index (χ2v) is 3.80. The summed E-state index contributed by atoms with van der Waals surface area (Å²) in [6.07, 6.45) is 1.80. The number of oxazole rings is 1. The molecule has 3 aromatic heterocycles. The van der Waals surface area contributed by atoms with Crippen molar-refractivity contribution in [1.82, 2.24) is 9.38 Å². The molecule has 0 saturated heterocycles. The average Bonchev–Trinajstić information content (AvgIpc) is 2.83. The maximum atomic E-state index is 5.76. The van der Waals surface area contributed by atoms with Crippen LogP contribution in [0.4, 0.5) is 0 Å². The number of fused-ring (bicyclic) bond motifs is 5. The van der Waals surface area contributed by atoms with Crippen LogP contribution in [0.15, 0.2) is 53.1 Å². The summed E-state index contributed by atoms with van der Waals surface area (Å²) in [5.74, 6) is 0. The van der Waals surface area contributed by atoms with Crippen LogP contribution in [0.1, 0.15) is 0 Å². The van der Waals surface area contributed by atoms with Crippen molar-refractivity contribution in [2.45, 2.75) is 0 Å². The third kappa shape index (κ3) is 0.852. The fraction of sp³-hybridized carbons (Fsp3) is 0. The minimum absolute atomic E-state index is 0.843. The maximum absolute atomic E-state index is 5.76. The molecule has 3 heteroatoms. The minimum Gasteiger partial charge on any atom is -0.438 e. The van der Waals surface area contributed by atoms with E-state index in [1.807, 2.05) is 46.9 Å². The van der Waals surface area contributed by atoms with E-state index >= 15 is 0 Å². The smallest absolute Gasteiger partial charge is 0.207 e. The highest BCUT2D eigenvalue weighted by molar-refractivity contribution is 5.89. The van der Waals surface area contributed by atoms with Crippen molar-refractivity contribution in [1.29, 1.82) is 0 Å². The molecular formula is C13H8N2O. The van der Waals surface area contributed by atoms with Crippen LogP contribution in [-0.4, -0.2) is 9.38 Å². The first-order valence-electron chi connectivity index (χ1n) is 5.17. The molecule has 0 N–H and O–H groups in total. The number of para-hydroxylation sites is 2. The van der Waals surface area contributed by atoms with Gasteiger partial charge in [-0.05, 0) is 24.3 Å². The van der Waals surface area contributed by atoms with Gasteiger partial charge in [0.15, 0.2) is 5.58 Å². The Balaban J connectivity index is 2.38. The number of pyridine rings is 1. The molecule has 3 heterocycles. The van der Waals surface area contributed by atoms with E-state index in [4.69, 9.17) is 4.42 Å². The van der Waals surface area contributed by atoms with Crippen LogP contribution >= 0.6 is 0 Å². The van der Waals surface area contributed by atoms with Crippen molar-refractivity contribution in [2.24, 2.45) is 0 Å². The van der Waals surface area contributed by atoms with Crippen molar-refractivity contribution in [3.63, 3.8) is 0 Å². The van der Waals surface area contributed by atoms with Crippen LogP contribution in [0.25, 0.3) is 27.8 Å². The van der Waals surface area contributed by atoms with Crippen LogP contribution in [0.3, 0.4) is 0 Å². The Hall–Kier alpha value is -2.29. The summed E-state index contributed by atoms with van der Waals surface area (Å²) >= 11 is 0. The third-order valence-corrected chi connectivity index (χ3v) is 2.85. The van der Waals surface area contributed by atoms with Gasteiger partial charge < -0.3 is 4.42 Å². The molecule has 0 aliphatic carbocycles. The number of aromatic nitrogens is 2. The molecule has 0 amide bonds. The van der Waals surface area contributed by atoms with Gasteiger partial charge in [-0.3, -0.25) is 4.40 Å². The lowest BCUT2D eigenvalue weighted by molar-refractivity contribution is 0.657. The van der Waals surface area contributed by atoms with Gasteiger partial charge in [0.2, 0.25) is 5.71 Å². The summed E-state index contributed by atoms with van der Waals surface area (Å²) in [6, 6.07) is 14.0. The zero-order valence-corrected chi connectivity index (χ0v) is 8.42. The maximum Gasteiger partial charge on any atom is 0.207 e. The molecule has 16 heavy (non-hydrogen) atoms. The Bertz CT molecular complexity index is 745. The normalized spacial score (nSPS) is 11.8. The predicted molar refractivity (Wildman–Crippen MR) is 62.5 cm³/mol. The first-order valence-corrected chi connectivity index (χ1v) is 5.17. The van der Waals surface area contributed by atoms with E-state index in [1.165, 1.54) is 0 Å². The van der Waals surface area contributed by atoms with Gasteiger partial charge in [-0.2, -0.15) is 0 Å². The van der Waals surface area contributed by atoms with E-state index in [1.54, 1.807) is 6.20 Å². The molecule has 4 aromatic rings. The van der Waals surface area contributed by atoms with Crippen molar-refractivity contribution < 1.29 is 4.42 Å². The Morgan fingerprint density at radius 2 is 2.00 bits per heavy atom. The van der Waals surface area contributed by atoms with Crippen LogP contribution in [0, 0.1) is 0 Å². The summed E-state index contributed by atoms with van der Waals surface area (Å²) in [6.45, 7) is 0. The summed E-state index contributed by atoms with van der Waals surface area (Å²) in [4.78, 5) is 4.39. The summed E-state index contributed by atoms with van der Waals surface area (Å²) in [5, 5.41) is 1.10. The second-order valence-electron chi connectivity index (χ2n) is 3.80. The predicted octanol–water partition coefficient (Wildman–Crippen LogP) is 3.23. The van der Waals surface area contributed by atoms with Crippen molar-refractivity contribution >= 4 is 27.8 Å². The summed E-state index contributed by atoms with van der Waals surface area (Å²) in [7, 11) is 0. The van der Waals surface area contributed by atoms with Gasteiger partial charge in [-0.25, -0.2) is 4.98 Å². The average molecular weight is 208 g/mol. The van der Waals surface area contributed by atoms with Crippen LogP contribution in [0.2, 0.25) is 0 Å². The topological polar surface area (TPSA) is 30.4 Å². The third-order valence-electron chi connectivity index (χ3n) is 2.85. The van der Waals surface area contributed by atoms with Gasteiger partial charge >= 0.3 is 0 Å². The summed E-state index contributed by atoms with van der Waals surface area (Å²) in [5.41, 5.74) is 3.74. The highest BCUT2D eigenvalue weighted by atomic mass is 16.3. The highest BCUT2D eigenvalue weighted by Crippen LogP contribution is 2.26. The van der Waals surface area contributed by atoms with E-state index in [0.29, 0.717) is 0 Å². The molecule has 0 fully saturated rings. The van der Waals surface area contributed by atoms with Crippen LogP contribution < -0.4 is 0 Å². The Morgan fingerprint density at radius 1 is 1.06 bits per heavy atom. The molecule has 0 unspecified atom stereocenters. The Labute approximate surface area is 90.9 Å². The van der Waals surface area contributed by atoms with Gasteiger partial charge in [-0.1, -0.05) is 12.1 Å². The van der Waals surface area contributed by atoms with Gasteiger partial charge in [0, 0.05) is 17.6 Å². The SMILES string of the molecule is c1cnc2c(c1)cc1oc3ccccc3n12. The molecule has 0 atom stereocenters.